The van der Waals surface area contributed by atoms with Crippen molar-refractivity contribution in [2.75, 3.05) is 6.54 Å². The zero-order chi connectivity index (χ0) is 19.2. The molecule has 3 aromatic rings. The summed E-state index contributed by atoms with van der Waals surface area (Å²) in [4.78, 5) is 38.8. The quantitative estimate of drug-likeness (QED) is 0.533. The van der Waals surface area contributed by atoms with Crippen LogP contribution in [0.1, 0.15) is 10.4 Å². The van der Waals surface area contributed by atoms with Crippen molar-refractivity contribution in [1.82, 2.24) is 14.9 Å². The van der Waals surface area contributed by atoms with Gasteiger partial charge in [0.25, 0.3) is 17.2 Å². The standard InChI is InChI=1S/C19H16N4O4/c24-18-12-17(14-5-2-1-3-6-14)21-13-22(18)10-9-20-19(25)15-7-4-8-16(11-15)23(26)27/h1-8,11-13H,9-10H2,(H,20,25). The van der Waals surface area contributed by atoms with Crippen LogP contribution >= 0.6 is 0 Å². The number of nitro groups is 1. The van der Waals surface area contributed by atoms with Gasteiger partial charge in [-0.05, 0) is 6.07 Å². The summed E-state index contributed by atoms with van der Waals surface area (Å²) in [7, 11) is 0. The summed E-state index contributed by atoms with van der Waals surface area (Å²) in [6.07, 6.45) is 1.43. The first-order chi connectivity index (χ1) is 13.0. The van der Waals surface area contributed by atoms with Gasteiger partial charge in [0.15, 0.2) is 0 Å². The maximum atomic E-state index is 12.2. The molecule has 0 aliphatic carbocycles. The molecule has 0 radical (unpaired) electrons. The van der Waals surface area contributed by atoms with Crippen LogP contribution in [-0.4, -0.2) is 26.9 Å². The van der Waals surface area contributed by atoms with Crippen molar-refractivity contribution >= 4 is 11.6 Å². The van der Waals surface area contributed by atoms with Gasteiger partial charge in [-0.2, -0.15) is 0 Å². The highest BCUT2D eigenvalue weighted by atomic mass is 16.6. The SMILES string of the molecule is O=C(NCCn1cnc(-c2ccccc2)cc1=O)c1cccc([N+](=O)[O-])c1. The third-order valence-corrected chi connectivity index (χ3v) is 3.91. The smallest absolute Gasteiger partial charge is 0.270 e. The van der Waals surface area contributed by atoms with Crippen LogP contribution in [-0.2, 0) is 6.54 Å². The van der Waals surface area contributed by atoms with Gasteiger partial charge in [0.05, 0.1) is 16.9 Å². The molecule has 0 saturated heterocycles. The van der Waals surface area contributed by atoms with Crippen LogP contribution in [0.15, 0.2) is 71.8 Å². The van der Waals surface area contributed by atoms with E-state index >= 15 is 0 Å². The molecular weight excluding hydrogens is 348 g/mol. The zero-order valence-corrected chi connectivity index (χ0v) is 14.2. The van der Waals surface area contributed by atoms with Crippen LogP contribution in [0.5, 0.6) is 0 Å². The maximum Gasteiger partial charge on any atom is 0.270 e. The van der Waals surface area contributed by atoms with Crippen LogP contribution in [0.25, 0.3) is 11.3 Å². The van der Waals surface area contributed by atoms with Gasteiger partial charge in [0.1, 0.15) is 0 Å². The lowest BCUT2D eigenvalue weighted by molar-refractivity contribution is -0.384. The molecular formula is C19H16N4O4. The van der Waals surface area contributed by atoms with E-state index in [2.05, 4.69) is 10.3 Å². The lowest BCUT2D eigenvalue weighted by Crippen LogP contribution is -2.30. The van der Waals surface area contributed by atoms with Crippen molar-refractivity contribution < 1.29 is 9.72 Å². The van der Waals surface area contributed by atoms with E-state index in [0.717, 1.165) is 5.56 Å². The Hall–Kier alpha value is -3.81. The Morgan fingerprint density at radius 3 is 2.59 bits per heavy atom. The fourth-order valence-corrected chi connectivity index (χ4v) is 2.51. The normalized spacial score (nSPS) is 10.4. The lowest BCUT2D eigenvalue weighted by atomic mass is 10.1. The molecule has 0 bridgehead atoms. The average molecular weight is 364 g/mol. The van der Waals surface area contributed by atoms with E-state index in [-0.39, 0.29) is 29.9 Å². The second-order valence-corrected chi connectivity index (χ2v) is 5.74. The molecule has 1 N–H and O–H groups in total. The number of hydrogen-bond donors (Lipinski definition) is 1. The molecule has 0 fully saturated rings. The van der Waals surface area contributed by atoms with Crippen LogP contribution in [0.2, 0.25) is 0 Å². The van der Waals surface area contributed by atoms with Gasteiger partial charge in [-0.1, -0.05) is 36.4 Å². The molecule has 0 saturated carbocycles. The fourth-order valence-electron chi connectivity index (χ4n) is 2.51. The minimum atomic E-state index is -0.559. The highest BCUT2D eigenvalue weighted by molar-refractivity contribution is 5.94. The molecule has 27 heavy (non-hydrogen) atoms. The number of nitrogens with zero attached hydrogens (tertiary/aromatic N) is 3. The number of benzene rings is 2. The van der Waals surface area contributed by atoms with Gasteiger partial charge in [-0.25, -0.2) is 4.98 Å². The van der Waals surface area contributed by atoms with E-state index in [1.807, 2.05) is 30.3 Å². The molecule has 2 aromatic carbocycles. The molecule has 8 nitrogen and oxygen atoms in total. The second-order valence-electron chi connectivity index (χ2n) is 5.74. The number of rotatable bonds is 6. The fraction of sp³-hybridized carbons (Fsp3) is 0.105. The summed E-state index contributed by atoms with van der Waals surface area (Å²) in [5.74, 6) is -0.444. The van der Waals surface area contributed by atoms with Crippen LogP contribution in [0.3, 0.4) is 0 Å². The largest absolute Gasteiger partial charge is 0.350 e. The molecule has 3 rings (SSSR count). The number of nitro benzene ring substituents is 1. The Morgan fingerprint density at radius 1 is 1.11 bits per heavy atom. The molecule has 0 aliphatic heterocycles. The summed E-state index contributed by atoms with van der Waals surface area (Å²) in [5.41, 5.74) is 1.24. The van der Waals surface area contributed by atoms with Gasteiger partial charge in [-0.15, -0.1) is 0 Å². The average Bonchev–Trinajstić information content (AvgIpc) is 2.69. The molecule has 136 valence electrons. The first-order valence-electron chi connectivity index (χ1n) is 8.19. The van der Waals surface area contributed by atoms with Crippen molar-refractivity contribution in [3.63, 3.8) is 0 Å². The van der Waals surface area contributed by atoms with Crippen molar-refractivity contribution in [3.8, 4) is 11.3 Å². The van der Waals surface area contributed by atoms with Crippen LogP contribution < -0.4 is 10.9 Å². The number of aromatic nitrogens is 2. The predicted molar refractivity (Wildman–Crippen MR) is 99.4 cm³/mol. The Kier molecular flexibility index (Phi) is 5.36. The topological polar surface area (TPSA) is 107 Å². The Bertz CT molecular complexity index is 1030. The summed E-state index contributed by atoms with van der Waals surface area (Å²) < 4.78 is 1.39. The highest BCUT2D eigenvalue weighted by Gasteiger charge is 2.11. The maximum absolute atomic E-state index is 12.2. The predicted octanol–water partition coefficient (Wildman–Crippen LogP) is 2.25. The first-order valence-corrected chi connectivity index (χ1v) is 8.19. The Balaban J connectivity index is 1.62. The Labute approximate surface area is 154 Å². The molecule has 0 unspecified atom stereocenters. The first kappa shape index (κ1) is 18.0. The van der Waals surface area contributed by atoms with Crippen molar-refractivity contribution in [3.05, 3.63) is 93.0 Å². The minimum Gasteiger partial charge on any atom is -0.350 e. The summed E-state index contributed by atoms with van der Waals surface area (Å²) >= 11 is 0. The van der Waals surface area contributed by atoms with Crippen molar-refractivity contribution in [1.29, 1.82) is 0 Å². The number of hydrogen-bond acceptors (Lipinski definition) is 5. The summed E-state index contributed by atoms with van der Waals surface area (Å²) in [6.45, 7) is 0.426. The van der Waals surface area contributed by atoms with Crippen LogP contribution in [0, 0.1) is 10.1 Å². The zero-order valence-electron chi connectivity index (χ0n) is 14.2. The van der Waals surface area contributed by atoms with Gasteiger partial charge in [-0.3, -0.25) is 24.3 Å². The number of non-ortho nitro benzene ring substituents is 1. The molecule has 0 spiro atoms. The monoisotopic (exact) mass is 364 g/mol. The van der Waals surface area contributed by atoms with Gasteiger partial charge < -0.3 is 5.32 Å². The van der Waals surface area contributed by atoms with E-state index in [0.29, 0.717) is 5.69 Å². The molecule has 1 amide bonds. The van der Waals surface area contributed by atoms with Gasteiger partial charge in [0.2, 0.25) is 0 Å². The van der Waals surface area contributed by atoms with Crippen molar-refractivity contribution in [2.45, 2.75) is 6.54 Å². The lowest BCUT2D eigenvalue weighted by Gasteiger charge is -2.08. The Morgan fingerprint density at radius 2 is 1.89 bits per heavy atom. The van der Waals surface area contributed by atoms with Gasteiger partial charge in [0, 0.05) is 42.4 Å². The number of nitrogens with one attached hydrogen (secondary N) is 1. The van der Waals surface area contributed by atoms with E-state index in [1.54, 1.807) is 0 Å². The highest BCUT2D eigenvalue weighted by Crippen LogP contribution is 2.14. The van der Waals surface area contributed by atoms with Crippen molar-refractivity contribution in [2.24, 2.45) is 0 Å². The summed E-state index contributed by atoms with van der Waals surface area (Å²) in [6, 6.07) is 16.3. The van der Waals surface area contributed by atoms with Gasteiger partial charge >= 0.3 is 0 Å². The number of carbonyl (C=O) groups is 1. The summed E-state index contributed by atoms with van der Waals surface area (Å²) in [5, 5.41) is 13.4. The molecule has 0 atom stereocenters. The van der Waals surface area contributed by atoms with E-state index in [4.69, 9.17) is 0 Å². The third kappa shape index (κ3) is 4.43. The third-order valence-electron chi connectivity index (χ3n) is 3.91. The van der Waals surface area contributed by atoms with E-state index < -0.39 is 10.8 Å². The van der Waals surface area contributed by atoms with E-state index in [9.17, 15) is 19.7 Å². The minimum absolute atomic E-state index is 0.153. The van der Waals surface area contributed by atoms with E-state index in [1.165, 1.54) is 41.2 Å². The molecule has 1 aromatic heterocycles. The second kappa shape index (κ2) is 8.05. The molecule has 8 heteroatoms. The molecule has 1 heterocycles. The number of carbonyl (C=O) groups excluding carboxylic acids is 1. The number of amides is 1. The molecule has 0 aliphatic rings. The van der Waals surface area contributed by atoms with Crippen LogP contribution in [0.4, 0.5) is 5.69 Å².